The van der Waals surface area contributed by atoms with Crippen molar-refractivity contribution in [3.05, 3.63) is 23.7 Å². The molecule has 0 atom stereocenters. The minimum absolute atomic E-state index is 0.671. The molecule has 0 spiro atoms. The summed E-state index contributed by atoms with van der Waals surface area (Å²) in [6.45, 7) is 0.799. The fourth-order valence-corrected chi connectivity index (χ4v) is 1.91. The zero-order valence-electron chi connectivity index (χ0n) is 8.14. The highest BCUT2D eigenvalue weighted by Gasteiger charge is 2.20. The van der Waals surface area contributed by atoms with Crippen molar-refractivity contribution in [2.24, 2.45) is 0 Å². The van der Waals surface area contributed by atoms with Gasteiger partial charge in [0.1, 0.15) is 11.1 Å². The maximum atomic E-state index is 5.38. The summed E-state index contributed by atoms with van der Waals surface area (Å²) in [7, 11) is 0. The number of rotatable bonds is 4. The molecule has 0 radical (unpaired) electrons. The van der Waals surface area contributed by atoms with Crippen LogP contribution in [0.15, 0.2) is 22.4 Å². The standard InChI is InChI=1S/C10H11N3OS/c1-2-7(1)12-3-8-5-14-10(13-8)9-4-11-6-15-9/h4-7,12H,1-3H2. The zero-order valence-corrected chi connectivity index (χ0v) is 8.96. The highest BCUT2D eigenvalue weighted by Crippen LogP contribution is 2.23. The van der Waals surface area contributed by atoms with E-state index in [0.717, 1.165) is 17.1 Å². The molecule has 4 nitrogen and oxygen atoms in total. The van der Waals surface area contributed by atoms with Gasteiger partial charge in [-0.25, -0.2) is 4.98 Å². The molecule has 1 aliphatic rings. The van der Waals surface area contributed by atoms with E-state index < -0.39 is 0 Å². The summed E-state index contributed by atoms with van der Waals surface area (Å²) in [5.41, 5.74) is 2.74. The first-order chi connectivity index (χ1) is 7.42. The van der Waals surface area contributed by atoms with Gasteiger partial charge in [0.25, 0.3) is 0 Å². The Labute approximate surface area is 91.4 Å². The first kappa shape index (κ1) is 9.06. The second kappa shape index (κ2) is 3.75. The molecule has 1 N–H and O–H groups in total. The number of hydrogen-bond donors (Lipinski definition) is 1. The van der Waals surface area contributed by atoms with Crippen molar-refractivity contribution in [1.82, 2.24) is 15.3 Å². The summed E-state index contributed by atoms with van der Waals surface area (Å²) < 4.78 is 5.38. The van der Waals surface area contributed by atoms with Gasteiger partial charge >= 0.3 is 0 Å². The molecule has 2 aromatic rings. The SMILES string of the molecule is c1ncc(-c2nc(CNC3CC3)co2)s1. The number of thiazole rings is 1. The van der Waals surface area contributed by atoms with E-state index in [1.165, 1.54) is 24.2 Å². The van der Waals surface area contributed by atoms with Crippen molar-refractivity contribution in [3.8, 4) is 10.8 Å². The van der Waals surface area contributed by atoms with E-state index in [-0.39, 0.29) is 0 Å². The lowest BCUT2D eigenvalue weighted by Crippen LogP contribution is -2.15. The monoisotopic (exact) mass is 221 g/mol. The molecule has 3 rings (SSSR count). The Kier molecular flexibility index (Phi) is 2.26. The average molecular weight is 221 g/mol. The van der Waals surface area contributed by atoms with Crippen LogP contribution < -0.4 is 5.32 Å². The van der Waals surface area contributed by atoms with Crippen LogP contribution in [-0.4, -0.2) is 16.0 Å². The second-order valence-electron chi connectivity index (χ2n) is 3.66. The molecule has 0 saturated heterocycles. The van der Waals surface area contributed by atoms with Crippen molar-refractivity contribution in [3.63, 3.8) is 0 Å². The fourth-order valence-electron chi connectivity index (χ4n) is 1.36. The van der Waals surface area contributed by atoms with Gasteiger partial charge in [0.15, 0.2) is 0 Å². The van der Waals surface area contributed by atoms with Gasteiger partial charge in [0.2, 0.25) is 5.89 Å². The number of nitrogens with zero attached hydrogens (tertiary/aromatic N) is 2. The van der Waals surface area contributed by atoms with E-state index in [1.54, 1.807) is 18.0 Å². The smallest absolute Gasteiger partial charge is 0.238 e. The molecule has 0 aliphatic heterocycles. The predicted octanol–water partition coefficient (Wildman–Crippen LogP) is 2.05. The normalized spacial score (nSPS) is 15.7. The molecule has 78 valence electrons. The van der Waals surface area contributed by atoms with Gasteiger partial charge in [-0.05, 0) is 12.8 Å². The topological polar surface area (TPSA) is 51.0 Å². The van der Waals surface area contributed by atoms with E-state index in [9.17, 15) is 0 Å². The molecule has 1 saturated carbocycles. The van der Waals surface area contributed by atoms with Crippen LogP contribution in [0, 0.1) is 0 Å². The quantitative estimate of drug-likeness (QED) is 0.858. The summed E-state index contributed by atoms with van der Waals surface area (Å²) in [6, 6.07) is 0.702. The molecule has 0 bridgehead atoms. The Morgan fingerprint density at radius 1 is 1.53 bits per heavy atom. The predicted molar refractivity (Wildman–Crippen MR) is 57.5 cm³/mol. The molecule has 5 heteroatoms. The zero-order chi connectivity index (χ0) is 10.1. The third-order valence-corrected chi connectivity index (χ3v) is 3.11. The number of hydrogen-bond acceptors (Lipinski definition) is 5. The van der Waals surface area contributed by atoms with Gasteiger partial charge in [-0.3, -0.25) is 4.98 Å². The Hall–Kier alpha value is -1.20. The molecule has 2 aromatic heterocycles. The molecule has 0 unspecified atom stereocenters. The van der Waals surface area contributed by atoms with Gasteiger partial charge in [-0.2, -0.15) is 0 Å². The van der Waals surface area contributed by atoms with Crippen LogP contribution >= 0.6 is 11.3 Å². The van der Waals surface area contributed by atoms with Crippen LogP contribution in [0.5, 0.6) is 0 Å². The molecule has 1 fully saturated rings. The molecule has 1 aliphatic carbocycles. The molecule has 15 heavy (non-hydrogen) atoms. The second-order valence-corrected chi connectivity index (χ2v) is 4.55. The maximum Gasteiger partial charge on any atom is 0.238 e. The highest BCUT2D eigenvalue weighted by atomic mass is 32.1. The Bertz CT molecular complexity index is 433. The summed E-state index contributed by atoms with van der Waals surface area (Å²) in [5.74, 6) is 0.671. The fraction of sp³-hybridized carbons (Fsp3) is 0.400. The minimum atomic E-state index is 0.671. The lowest BCUT2D eigenvalue weighted by Gasteiger charge is -1.95. The molecule has 2 heterocycles. The van der Waals surface area contributed by atoms with Crippen LogP contribution in [0.25, 0.3) is 10.8 Å². The van der Waals surface area contributed by atoms with Crippen molar-refractivity contribution >= 4 is 11.3 Å². The molecular formula is C10H11N3OS. The lowest BCUT2D eigenvalue weighted by molar-refractivity contribution is 0.571. The van der Waals surface area contributed by atoms with Crippen molar-refractivity contribution in [2.75, 3.05) is 0 Å². The summed E-state index contributed by atoms with van der Waals surface area (Å²) in [5, 5.41) is 3.40. The molecular weight excluding hydrogens is 210 g/mol. The van der Waals surface area contributed by atoms with Crippen LogP contribution in [0.4, 0.5) is 0 Å². The van der Waals surface area contributed by atoms with E-state index in [0.29, 0.717) is 11.9 Å². The third kappa shape index (κ3) is 2.08. The van der Waals surface area contributed by atoms with Gasteiger partial charge in [0.05, 0.1) is 17.4 Å². The third-order valence-electron chi connectivity index (χ3n) is 2.34. The lowest BCUT2D eigenvalue weighted by atomic mass is 10.4. The summed E-state index contributed by atoms with van der Waals surface area (Å²) in [6.07, 6.45) is 6.07. The van der Waals surface area contributed by atoms with Crippen molar-refractivity contribution in [2.45, 2.75) is 25.4 Å². The van der Waals surface area contributed by atoms with Crippen molar-refractivity contribution < 1.29 is 4.42 Å². The minimum Gasteiger partial charge on any atom is -0.443 e. The Morgan fingerprint density at radius 3 is 3.20 bits per heavy atom. The summed E-state index contributed by atoms with van der Waals surface area (Å²) >= 11 is 1.54. The van der Waals surface area contributed by atoms with Crippen LogP contribution in [-0.2, 0) is 6.54 Å². The molecule has 0 amide bonds. The summed E-state index contributed by atoms with van der Waals surface area (Å²) in [4.78, 5) is 9.37. The van der Waals surface area contributed by atoms with E-state index in [1.807, 2.05) is 0 Å². The van der Waals surface area contributed by atoms with Gasteiger partial charge in [-0.15, -0.1) is 11.3 Å². The maximum absolute atomic E-state index is 5.38. The van der Waals surface area contributed by atoms with Crippen LogP contribution in [0.3, 0.4) is 0 Å². The van der Waals surface area contributed by atoms with Crippen LogP contribution in [0.1, 0.15) is 18.5 Å². The number of nitrogens with one attached hydrogen (secondary N) is 1. The van der Waals surface area contributed by atoms with Gasteiger partial charge in [-0.1, -0.05) is 0 Å². The van der Waals surface area contributed by atoms with Crippen molar-refractivity contribution in [1.29, 1.82) is 0 Å². The Morgan fingerprint density at radius 2 is 2.47 bits per heavy atom. The van der Waals surface area contributed by atoms with E-state index in [2.05, 4.69) is 15.3 Å². The van der Waals surface area contributed by atoms with Crippen LogP contribution in [0.2, 0.25) is 0 Å². The van der Waals surface area contributed by atoms with Gasteiger partial charge in [0, 0.05) is 12.6 Å². The average Bonchev–Trinajstić information content (AvgIpc) is 2.78. The van der Waals surface area contributed by atoms with E-state index in [4.69, 9.17) is 4.42 Å². The number of oxazole rings is 1. The molecule has 0 aromatic carbocycles. The largest absolute Gasteiger partial charge is 0.443 e. The number of aromatic nitrogens is 2. The first-order valence-corrected chi connectivity index (χ1v) is 5.86. The Balaban J connectivity index is 1.69. The van der Waals surface area contributed by atoms with Gasteiger partial charge < -0.3 is 9.73 Å². The highest BCUT2D eigenvalue weighted by molar-refractivity contribution is 7.13. The van der Waals surface area contributed by atoms with E-state index >= 15 is 0 Å². The first-order valence-electron chi connectivity index (χ1n) is 4.98.